The number of nitrogens with zero attached hydrogens (tertiary/aromatic N) is 2. The van der Waals surface area contributed by atoms with Gasteiger partial charge in [-0.05, 0) is 34.6 Å². The number of hydrogen-bond acceptors (Lipinski definition) is 4. The van der Waals surface area contributed by atoms with Gasteiger partial charge < -0.3 is 14.7 Å². The van der Waals surface area contributed by atoms with E-state index in [4.69, 9.17) is 4.74 Å². The molecule has 1 atom stereocenters. The maximum atomic E-state index is 13.1. The number of piperidine rings is 1. The second-order valence-corrected chi connectivity index (χ2v) is 7.05. The normalized spacial score (nSPS) is 23.6. The number of benzene rings is 1. The van der Waals surface area contributed by atoms with Crippen molar-refractivity contribution in [3.63, 3.8) is 0 Å². The number of amides is 1. The highest BCUT2D eigenvalue weighted by Crippen LogP contribution is 2.39. The Labute approximate surface area is 149 Å². The van der Waals surface area contributed by atoms with E-state index < -0.39 is 17.7 Å². The molecule has 0 aliphatic carbocycles. The molecule has 2 heterocycles. The summed E-state index contributed by atoms with van der Waals surface area (Å²) in [5.41, 5.74) is -0.354. The molecule has 0 bridgehead atoms. The van der Waals surface area contributed by atoms with Crippen molar-refractivity contribution < 1.29 is 19.4 Å². The van der Waals surface area contributed by atoms with Crippen LogP contribution in [-0.4, -0.2) is 64.8 Å². The fraction of sp³-hybridized carbons (Fsp3) is 0.529. The highest BCUT2D eigenvalue weighted by Gasteiger charge is 2.54. The molecule has 130 valence electrons. The molecule has 2 fully saturated rings. The number of ether oxygens (including phenoxy) is 1. The van der Waals surface area contributed by atoms with Crippen molar-refractivity contribution in [1.29, 1.82) is 0 Å². The molecule has 0 radical (unpaired) electrons. The average Bonchev–Trinajstić information content (AvgIpc) is 2.94. The molecule has 24 heavy (non-hydrogen) atoms. The number of hydrogen-bond donors (Lipinski definition) is 1. The van der Waals surface area contributed by atoms with Crippen LogP contribution in [0.1, 0.15) is 30.1 Å². The second kappa shape index (κ2) is 6.82. The minimum Gasteiger partial charge on any atom is -0.480 e. The molecule has 3 rings (SSSR count). The monoisotopic (exact) mass is 396 g/mol. The minimum atomic E-state index is -1.02. The van der Waals surface area contributed by atoms with Gasteiger partial charge in [0.15, 0.2) is 6.04 Å². The SMILES string of the molecule is CCN1CCC2(CC1)OC[C@H](C(=O)O)N2C(=O)c1ccccc1Br. The smallest absolute Gasteiger partial charge is 0.328 e. The number of carboxylic acids is 1. The third-order valence-corrected chi connectivity index (χ3v) is 5.64. The van der Waals surface area contributed by atoms with Crippen LogP contribution in [0.25, 0.3) is 0 Å². The van der Waals surface area contributed by atoms with E-state index in [1.165, 1.54) is 4.90 Å². The maximum absolute atomic E-state index is 13.1. The van der Waals surface area contributed by atoms with E-state index >= 15 is 0 Å². The maximum Gasteiger partial charge on any atom is 0.328 e. The number of halogens is 1. The van der Waals surface area contributed by atoms with Gasteiger partial charge >= 0.3 is 5.97 Å². The third-order valence-electron chi connectivity index (χ3n) is 4.95. The quantitative estimate of drug-likeness (QED) is 0.847. The van der Waals surface area contributed by atoms with Crippen LogP contribution in [0.15, 0.2) is 28.7 Å². The first-order chi connectivity index (χ1) is 11.5. The number of likely N-dealkylation sites (tertiary alicyclic amines) is 1. The number of carbonyl (C=O) groups excluding carboxylic acids is 1. The van der Waals surface area contributed by atoms with Gasteiger partial charge in [0.25, 0.3) is 5.91 Å². The fourth-order valence-corrected chi connectivity index (χ4v) is 3.99. The van der Waals surface area contributed by atoms with E-state index in [1.807, 2.05) is 6.07 Å². The summed E-state index contributed by atoms with van der Waals surface area (Å²) in [5, 5.41) is 9.56. The van der Waals surface area contributed by atoms with Crippen molar-refractivity contribution in [2.75, 3.05) is 26.2 Å². The predicted molar refractivity (Wildman–Crippen MR) is 91.8 cm³/mol. The lowest BCUT2D eigenvalue weighted by molar-refractivity contribution is -0.143. The number of carboxylic acid groups (broad SMARTS) is 1. The van der Waals surface area contributed by atoms with Gasteiger partial charge in [0.2, 0.25) is 0 Å². The van der Waals surface area contributed by atoms with Crippen LogP contribution in [-0.2, 0) is 9.53 Å². The van der Waals surface area contributed by atoms with Gasteiger partial charge in [0, 0.05) is 30.4 Å². The zero-order valence-corrected chi connectivity index (χ0v) is 15.2. The summed E-state index contributed by atoms with van der Waals surface area (Å²) in [7, 11) is 0. The molecule has 0 saturated carbocycles. The summed E-state index contributed by atoms with van der Waals surface area (Å²) in [6.07, 6.45) is 1.25. The van der Waals surface area contributed by atoms with E-state index in [-0.39, 0.29) is 12.5 Å². The van der Waals surface area contributed by atoms with Gasteiger partial charge in [-0.3, -0.25) is 9.69 Å². The molecular formula is C17H21BrN2O4. The molecule has 6 nitrogen and oxygen atoms in total. The molecule has 2 saturated heterocycles. The Kier molecular flexibility index (Phi) is 4.94. The van der Waals surface area contributed by atoms with Crippen LogP contribution in [0.2, 0.25) is 0 Å². The lowest BCUT2D eigenvalue weighted by Crippen LogP contribution is -2.58. The van der Waals surface area contributed by atoms with Crippen LogP contribution in [0.4, 0.5) is 0 Å². The van der Waals surface area contributed by atoms with Crippen molar-refractivity contribution in [3.05, 3.63) is 34.3 Å². The summed E-state index contributed by atoms with van der Waals surface area (Å²) < 4.78 is 6.59. The second-order valence-electron chi connectivity index (χ2n) is 6.20. The zero-order valence-electron chi connectivity index (χ0n) is 13.6. The van der Waals surface area contributed by atoms with Gasteiger partial charge in [-0.15, -0.1) is 0 Å². The van der Waals surface area contributed by atoms with Gasteiger partial charge in [-0.25, -0.2) is 4.79 Å². The van der Waals surface area contributed by atoms with E-state index in [9.17, 15) is 14.7 Å². The van der Waals surface area contributed by atoms with Crippen LogP contribution in [0.5, 0.6) is 0 Å². The third kappa shape index (κ3) is 2.96. The predicted octanol–water partition coefficient (Wildman–Crippen LogP) is 2.19. The van der Waals surface area contributed by atoms with Crippen molar-refractivity contribution >= 4 is 27.8 Å². The molecule has 1 aromatic rings. The van der Waals surface area contributed by atoms with Crippen molar-refractivity contribution in [2.24, 2.45) is 0 Å². The Morgan fingerprint density at radius 3 is 2.58 bits per heavy atom. The molecule has 2 aliphatic rings. The van der Waals surface area contributed by atoms with E-state index in [0.29, 0.717) is 22.9 Å². The fourth-order valence-electron chi connectivity index (χ4n) is 3.54. The van der Waals surface area contributed by atoms with Crippen LogP contribution >= 0.6 is 15.9 Å². The van der Waals surface area contributed by atoms with Crippen molar-refractivity contribution in [3.8, 4) is 0 Å². The molecule has 0 aromatic heterocycles. The zero-order chi connectivity index (χ0) is 17.3. The summed E-state index contributed by atoms with van der Waals surface area (Å²) >= 11 is 3.39. The van der Waals surface area contributed by atoms with Crippen LogP contribution < -0.4 is 0 Å². The molecule has 1 N–H and O–H groups in total. The Morgan fingerprint density at radius 1 is 1.33 bits per heavy atom. The molecule has 0 unspecified atom stereocenters. The Balaban J connectivity index is 1.94. The van der Waals surface area contributed by atoms with Crippen molar-refractivity contribution in [2.45, 2.75) is 31.5 Å². The molecule has 1 spiro atoms. The summed E-state index contributed by atoms with van der Waals surface area (Å²) in [4.78, 5) is 28.6. The van der Waals surface area contributed by atoms with Crippen LogP contribution in [0, 0.1) is 0 Å². The molecule has 1 amide bonds. The standard InChI is InChI=1S/C17H21BrN2O4/c1-2-19-9-7-17(8-10-19)20(14(11-24-17)16(22)23)15(21)12-5-3-4-6-13(12)18/h3-6,14H,2,7-11H2,1H3,(H,22,23)/t14-/m1/s1. The first-order valence-corrected chi connectivity index (χ1v) is 8.95. The summed E-state index contributed by atoms with van der Waals surface area (Å²) in [5.74, 6) is -1.32. The molecule has 1 aromatic carbocycles. The van der Waals surface area contributed by atoms with E-state index in [1.54, 1.807) is 18.2 Å². The van der Waals surface area contributed by atoms with E-state index in [2.05, 4.69) is 27.8 Å². The first-order valence-electron chi connectivity index (χ1n) is 8.16. The van der Waals surface area contributed by atoms with Crippen LogP contribution in [0.3, 0.4) is 0 Å². The Bertz CT molecular complexity index is 643. The number of rotatable bonds is 3. The number of aliphatic carboxylic acids is 1. The Morgan fingerprint density at radius 2 is 2.00 bits per heavy atom. The minimum absolute atomic E-state index is 0.0393. The topological polar surface area (TPSA) is 70.1 Å². The average molecular weight is 397 g/mol. The highest BCUT2D eigenvalue weighted by molar-refractivity contribution is 9.10. The Hall–Kier alpha value is -1.44. The van der Waals surface area contributed by atoms with Gasteiger partial charge in [-0.2, -0.15) is 0 Å². The summed E-state index contributed by atoms with van der Waals surface area (Å²) in [6.45, 7) is 4.66. The van der Waals surface area contributed by atoms with Gasteiger partial charge in [0.05, 0.1) is 12.2 Å². The first kappa shape index (κ1) is 17.4. The van der Waals surface area contributed by atoms with Crippen molar-refractivity contribution in [1.82, 2.24) is 9.80 Å². The summed E-state index contributed by atoms with van der Waals surface area (Å²) in [6, 6.07) is 6.14. The largest absolute Gasteiger partial charge is 0.480 e. The number of carbonyl (C=O) groups is 2. The van der Waals surface area contributed by atoms with E-state index in [0.717, 1.165) is 19.6 Å². The van der Waals surface area contributed by atoms with Gasteiger partial charge in [0.1, 0.15) is 5.72 Å². The molecular weight excluding hydrogens is 376 g/mol. The molecule has 7 heteroatoms. The highest BCUT2D eigenvalue weighted by atomic mass is 79.9. The van der Waals surface area contributed by atoms with Gasteiger partial charge in [-0.1, -0.05) is 19.1 Å². The molecule has 2 aliphatic heterocycles. The lowest BCUT2D eigenvalue weighted by atomic mass is 9.97. The lowest BCUT2D eigenvalue weighted by Gasteiger charge is -2.44.